The molecule has 6 heteroatoms. The van der Waals surface area contributed by atoms with E-state index in [-0.39, 0.29) is 0 Å². The van der Waals surface area contributed by atoms with Crippen LogP contribution in [0.25, 0.3) is 0 Å². The predicted molar refractivity (Wildman–Crippen MR) is 77.7 cm³/mol. The first-order valence-corrected chi connectivity index (χ1v) is 7.10. The molecular formula is C14H17ClN4O. The van der Waals surface area contributed by atoms with Crippen molar-refractivity contribution in [3.05, 3.63) is 40.7 Å². The van der Waals surface area contributed by atoms with Gasteiger partial charge >= 0.3 is 6.01 Å². The molecule has 1 heterocycles. The number of benzene rings is 1. The van der Waals surface area contributed by atoms with Gasteiger partial charge in [0.05, 0.1) is 6.54 Å². The van der Waals surface area contributed by atoms with Crippen molar-refractivity contribution in [3.8, 4) is 0 Å². The molecule has 1 aliphatic rings. The van der Waals surface area contributed by atoms with Gasteiger partial charge in [-0.25, -0.2) is 0 Å². The zero-order valence-electron chi connectivity index (χ0n) is 11.3. The van der Waals surface area contributed by atoms with E-state index in [4.69, 9.17) is 16.0 Å². The van der Waals surface area contributed by atoms with E-state index in [0.29, 0.717) is 31.0 Å². The lowest BCUT2D eigenvalue weighted by Crippen LogP contribution is -2.16. The van der Waals surface area contributed by atoms with E-state index < -0.39 is 0 Å². The Hall–Kier alpha value is -1.59. The van der Waals surface area contributed by atoms with E-state index in [9.17, 15) is 0 Å². The van der Waals surface area contributed by atoms with Crippen molar-refractivity contribution in [1.29, 1.82) is 0 Å². The largest absolute Gasteiger partial charge is 0.407 e. The second-order valence-corrected chi connectivity index (χ2v) is 5.55. The summed E-state index contributed by atoms with van der Waals surface area (Å²) in [6, 6.07) is 8.91. The van der Waals surface area contributed by atoms with Gasteiger partial charge in [0.1, 0.15) is 0 Å². The molecule has 1 saturated carbocycles. The summed E-state index contributed by atoms with van der Waals surface area (Å²) in [5.74, 6) is 0.634. The second-order valence-electron chi connectivity index (χ2n) is 5.12. The molecule has 0 atom stereocenters. The van der Waals surface area contributed by atoms with Crippen LogP contribution in [0.1, 0.15) is 24.3 Å². The van der Waals surface area contributed by atoms with Crippen LogP contribution < -0.4 is 10.2 Å². The Bertz CT molecular complexity index is 565. The predicted octanol–water partition coefficient (Wildman–Crippen LogP) is 2.61. The molecule has 20 heavy (non-hydrogen) atoms. The third-order valence-electron chi connectivity index (χ3n) is 3.24. The number of halogens is 1. The van der Waals surface area contributed by atoms with Crippen LogP contribution in [0, 0.1) is 0 Å². The van der Waals surface area contributed by atoms with Crippen molar-refractivity contribution >= 4 is 17.6 Å². The van der Waals surface area contributed by atoms with Crippen LogP contribution >= 0.6 is 11.6 Å². The van der Waals surface area contributed by atoms with Crippen molar-refractivity contribution in [2.24, 2.45) is 0 Å². The molecule has 0 saturated heterocycles. The summed E-state index contributed by atoms with van der Waals surface area (Å²) in [5.41, 5.74) is 1.15. The van der Waals surface area contributed by atoms with Gasteiger partial charge in [-0.3, -0.25) is 0 Å². The highest BCUT2D eigenvalue weighted by molar-refractivity contribution is 6.30. The monoisotopic (exact) mass is 292 g/mol. The zero-order chi connectivity index (χ0) is 13.9. The quantitative estimate of drug-likeness (QED) is 0.887. The molecule has 1 aromatic carbocycles. The minimum atomic E-state index is 0.535. The summed E-state index contributed by atoms with van der Waals surface area (Å²) < 4.78 is 5.63. The van der Waals surface area contributed by atoms with E-state index in [0.717, 1.165) is 10.6 Å². The summed E-state index contributed by atoms with van der Waals surface area (Å²) in [6.45, 7) is 1.35. The molecule has 3 rings (SSSR count). The number of nitrogens with zero attached hydrogens (tertiary/aromatic N) is 3. The molecule has 0 amide bonds. The molecule has 106 valence electrons. The van der Waals surface area contributed by atoms with Gasteiger partial charge in [0.15, 0.2) is 0 Å². The normalized spacial score (nSPS) is 14.5. The Labute approximate surface area is 122 Å². The van der Waals surface area contributed by atoms with Crippen LogP contribution in [0.15, 0.2) is 28.7 Å². The minimum absolute atomic E-state index is 0.535. The fraction of sp³-hybridized carbons (Fsp3) is 0.429. The third kappa shape index (κ3) is 3.49. The number of hydrogen-bond donors (Lipinski definition) is 1. The fourth-order valence-corrected chi connectivity index (χ4v) is 2.05. The van der Waals surface area contributed by atoms with Gasteiger partial charge in [-0.2, -0.15) is 0 Å². The molecule has 0 bridgehead atoms. The highest BCUT2D eigenvalue weighted by Crippen LogP contribution is 2.20. The maximum Gasteiger partial charge on any atom is 0.318 e. The van der Waals surface area contributed by atoms with Gasteiger partial charge in [-0.15, -0.1) is 5.10 Å². The number of nitrogens with one attached hydrogen (secondary N) is 1. The Kier molecular flexibility index (Phi) is 3.89. The number of aromatic nitrogens is 2. The summed E-state index contributed by atoms with van der Waals surface area (Å²) in [4.78, 5) is 1.93. The SMILES string of the molecule is CN(Cc1ccc(Cl)cc1)c1nnc(CNC2CC2)o1. The van der Waals surface area contributed by atoms with Crippen molar-refractivity contribution in [2.45, 2.75) is 32.0 Å². The molecular weight excluding hydrogens is 276 g/mol. The Morgan fingerprint density at radius 2 is 2.05 bits per heavy atom. The number of anilines is 1. The zero-order valence-corrected chi connectivity index (χ0v) is 12.1. The molecule has 0 aliphatic heterocycles. The average Bonchev–Trinajstić information content (AvgIpc) is 3.15. The van der Waals surface area contributed by atoms with Crippen LogP contribution in [0.2, 0.25) is 5.02 Å². The molecule has 1 fully saturated rings. The first kappa shape index (κ1) is 13.4. The van der Waals surface area contributed by atoms with Crippen molar-refractivity contribution in [1.82, 2.24) is 15.5 Å². The van der Waals surface area contributed by atoms with Crippen LogP contribution in [0.3, 0.4) is 0 Å². The molecule has 2 aromatic rings. The van der Waals surface area contributed by atoms with Gasteiger partial charge in [0.2, 0.25) is 5.89 Å². The molecule has 0 radical (unpaired) electrons. The molecule has 5 nitrogen and oxygen atoms in total. The topological polar surface area (TPSA) is 54.2 Å². The smallest absolute Gasteiger partial charge is 0.318 e. The minimum Gasteiger partial charge on any atom is -0.407 e. The highest BCUT2D eigenvalue weighted by atomic mass is 35.5. The summed E-state index contributed by atoms with van der Waals surface area (Å²) in [5, 5.41) is 12.2. The highest BCUT2D eigenvalue weighted by Gasteiger charge is 2.21. The summed E-state index contributed by atoms with van der Waals surface area (Å²) in [7, 11) is 1.93. The number of hydrogen-bond acceptors (Lipinski definition) is 5. The summed E-state index contributed by atoms with van der Waals surface area (Å²) in [6.07, 6.45) is 2.49. The maximum atomic E-state index is 5.87. The Morgan fingerprint density at radius 1 is 1.30 bits per heavy atom. The van der Waals surface area contributed by atoms with E-state index in [1.165, 1.54) is 12.8 Å². The van der Waals surface area contributed by atoms with Crippen LogP contribution in [-0.4, -0.2) is 23.3 Å². The molecule has 1 aliphatic carbocycles. The van der Waals surface area contributed by atoms with E-state index in [2.05, 4.69) is 15.5 Å². The Balaban J connectivity index is 1.58. The lowest BCUT2D eigenvalue weighted by molar-refractivity contribution is 0.464. The van der Waals surface area contributed by atoms with Gasteiger partial charge in [0, 0.05) is 24.7 Å². The fourth-order valence-electron chi connectivity index (χ4n) is 1.92. The molecule has 0 unspecified atom stereocenters. The van der Waals surface area contributed by atoms with Crippen molar-refractivity contribution < 1.29 is 4.42 Å². The van der Waals surface area contributed by atoms with Gasteiger partial charge in [-0.1, -0.05) is 28.8 Å². The lowest BCUT2D eigenvalue weighted by atomic mass is 10.2. The molecule has 1 N–H and O–H groups in total. The molecule has 1 aromatic heterocycles. The summed E-state index contributed by atoms with van der Waals surface area (Å²) >= 11 is 5.87. The van der Waals surface area contributed by atoms with Gasteiger partial charge in [0.25, 0.3) is 0 Å². The third-order valence-corrected chi connectivity index (χ3v) is 3.49. The van der Waals surface area contributed by atoms with Crippen LogP contribution in [0.4, 0.5) is 6.01 Å². The van der Waals surface area contributed by atoms with Crippen LogP contribution in [-0.2, 0) is 13.1 Å². The lowest BCUT2D eigenvalue weighted by Gasteiger charge is -2.13. The van der Waals surface area contributed by atoms with Crippen LogP contribution in [0.5, 0.6) is 0 Å². The Morgan fingerprint density at radius 3 is 2.75 bits per heavy atom. The van der Waals surface area contributed by atoms with Crippen molar-refractivity contribution in [3.63, 3.8) is 0 Å². The van der Waals surface area contributed by atoms with E-state index in [1.807, 2.05) is 36.2 Å². The van der Waals surface area contributed by atoms with E-state index >= 15 is 0 Å². The van der Waals surface area contributed by atoms with Crippen molar-refractivity contribution in [2.75, 3.05) is 11.9 Å². The van der Waals surface area contributed by atoms with Gasteiger partial charge < -0.3 is 14.6 Å². The second kappa shape index (κ2) is 5.81. The standard InChI is InChI=1S/C14H17ClN4O/c1-19(9-10-2-4-11(15)5-3-10)14-18-17-13(20-14)8-16-12-6-7-12/h2-5,12,16H,6-9H2,1H3. The average molecular weight is 293 g/mol. The first-order chi connectivity index (χ1) is 9.70. The maximum absolute atomic E-state index is 5.87. The van der Waals surface area contributed by atoms with E-state index in [1.54, 1.807) is 0 Å². The molecule has 0 spiro atoms. The van der Waals surface area contributed by atoms with Gasteiger partial charge in [-0.05, 0) is 30.5 Å². The number of rotatable bonds is 6. The first-order valence-electron chi connectivity index (χ1n) is 6.72.